The van der Waals surface area contributed by atoms with Gasteiger partial charge in [-0.05, 0) is 107 Å². The van der Waals surface area contributed by atoms with E-state index < -0.39 is 8.07 Å². The second kappa shape index (κ2) is 12.2. The molecular formula is C53H44N2Si. The molecule has 2 nitrogen and oxygen atoms in total. The van der Waals surface area contributed by atoms with Gasteiger partial charge in [0.15, 0.2) is 0 Å². The summed E-state index contributed by atoms with van der Waals surface area (Å²) in [7, 11) is 0.132. The molecule has 2 aliphatic rings. The summed E-state index contributed by atoms with van der Waals surface area (Å²) in [5, 5.41) is 5.22. The number of nitrogens with zero attached hydrogens (tertiary/aromatic N) is 2. The van der Waals surface area contributed by atoms with Crippen molar-refractivity contribution in [2.45, 2.75) is 38.0 Å². The summed E-state index contributed by atoms with van der Waals surface area (Å²) in [6.45, 7) is 10.1. The van der Waals surface area contributed by atoms with Crippen molar-refractivity contribution >= 4 is 63.8 Å². The standard InChI is InChI=1S/C53H44N2Si/c1-33-29-44-38(35-25-27-49-46(31-35)40-17-9-11-23-48(40)54(49)3)19-13-21-42(44)52(33)56(4,5)53-34(2)30-45-39(20-14-22-43(45)53)36-26-28-51-47(32-36)41-18-10-12-24-50(41)55(51)37-15-7-6-8-16-37/h6-32,52-53H,1-5H3. The van der Waals surface area contributed by atoms with E-state index in [1.807, 2.05) is 0 Å². The maximum absolute atomic E-state index is 2.65. The lowest BCUT2D eigenvalue weighted by atomic mass is 9.95. The maximum atomic E-state index is 2.65. The molecule has 0 radical (unpaired) electrons. The largest absolute Gasteiger partial charge is 0.344 e. The van der Waals surface area contributed by atoms with Crippen LogP contribution in [-0.2, 0) is 7.05 Å². The molecule has 11 rings (SSSR count). The Hall–Kier alpha value is -6.16. The lowest BCUT2D eigenvalue weighted by Crippen LogP contribution is -2.42. The second-order valence-corrected chi connectivity index (χ2v) is 21.6. The van der Waals surface area contributed by atoms with Crippen molar-refractivity contribution in [2.24, 2.45) is 7.05 Å². The molecule has 2 unspecified atom stereocenters. The van der Waals surface area contributed by atoms with Crippen LogP contribution in [0.3, 0.4) is 0 Å². The van der Waals surface area contributed by atoms with Crippen molar-refractivity contribution in [3.05, 3.63) is 185 Å². The maximum Gasteiger partial charge on any atom is 0.0722 e. The fraction of sp³-hybridized carbons (Fsp3) is 0.132. The van der Waals surface area contributed by atoms with Gasteiger partial charge in [0.05, 0.1) is 19.1 Å². The first kappa shape index (κ1) is 33.2. The Kier molecular flexibility index (Phi) is 7.21. The fourth-order valence-electron chi connectivity index (χ4n) is 11.1. The van der Waals surface area contributed by atoms with Crippen molar-refractivity contribution in [3.8, 4) is 27.9 Å². The molecule has 0 spiro atoms. The van der Waals surface area contributed by atoms with Crippen molar-refractivity contribution < 1.29 is 0 Å². The van der Waals surface area contributed by atoms with E-state index in [0.29, 0.717) is 11.1 Å². The number of rotatable bonds is 5. The molecular weight excluding hydrogens is 693 g/mol. The molecule has 0 saturated carbocycles. The van der Waals surface area contributed by atoms with Gasteiger partial charge in [-0.1, -0.05) is 140 Å². The highest BCUT2D eigenvalue weighted by Gasteiger charge is 2.47. The molecule has 2 heterocycles. The quantitative estimate of drug-likeness (QED) is 0.156. The first-order valence-electron chi connectivity index (χ1n) is 20.0. The summed E-state index contributed by atoms with van der Waals surface area (Å²) in [5.41, 5.74) is 21.2. The molecule has 2 aliphatic carbocycles. The third kappa shape index (κ3) is 4.67. The summed E-state index contributed by atoms with van der Waals surface area (Å²) in [5.74, 6) is 0. The third-order valence-corrected chi connectivity index (χ3v) is 17.8. The first-order chi connectivity index (χ1) is 27.3. The predicted molar refractivity (Wildman–Crippen MR) is 242 cm³/mol. The number of hydrogen-bond acceptors (Lipinski definition) is 0. The highest BCUT2D eigenvalue weighted by molar-refractivity contribution is 6.81. The number of para-hydroxylation sites is 3. The van der Waals surface area contributed by atoms with Crippen molar-refractivity contribution in [3.63, 3.8) is 0 Å². The number of aromatic nitrogens is 2. The van der Waals surface area contributed by atoms with Gasteiger partial charge in [0, 0.05) is 56.4 Å². The Morgan fingerprint density at radius 2 is 0.911 bits per heavy atom. The van der Waals surface area contributed by atoms with E-state index in [1.54, 1.807) is 0 Å². The SMILES string of the molecule is CC1=Cc2c(-c3ccc4c(c3)c3ccccc3n4C)cccc2C1[Si](C)(C)C1C(C)=Cc2c(-c3ccc4c(c3)c3ccccc3n4-c3ccccc3)cccc21. The Morgan fingerprint density at radius 1 is 0.446 bits per heavy atom. The first-order valence-corrected chi connectivity index (χ1v) is 23.1. The summed E-state index contributed by atoms with van der Waals surface area (Å²) in [6, 6.07) is 56.7. The van der Waals surface area contributed by atoms with Crippen LogP contribution >= 0.6 is 0 Å². The zero-order chi connectivity index (χ0) is 37.9. The fourth-order valence-corrected chi connectivity index (χ4v) is 16.0. The highest BCUT2D eigenvalue weighted by atomic mass is 28.3. The van der Waals surface area contributed by atoms with E-state index in [0.717, 1.165) is 0 Å². The number of aryl methyl sites for hydroxylation is 1. The molecule has 0 aliphatic heterocycles. The molecule has 270 valence electrons. The average Bonchev–Trinajstić information content (AvgIpc) is 3.94. The molecule has 7 aromatic carbocycles. The minimum Gasteiger partial charge on any atom is -0.344 e. The van der Waals surface area contributed by atoms with Crippen LogP contribution in [-0.4, -0.2) is 17.2 Å². The van der Waals surface area contributed by atoms with Gasteiger partial charge < -0.3 is 9.13 Å². The monoisotopic (exact) mass is 736 g/mol. The van der Waals surface area contributed by atoms with E-state index in [9.17, 15) is 0 Å². The van der Waals surface area contributed by atoms with Crippen LogP contribution in [0, 0.1) is 0 Å². The molecule has 0 amide bonds. The van der Waals surface area contributed by atoms with Gasteiger partial charge in [0.1, 0.15) is 0 Å². The third-order valence-electron chi connectivity index (χ3n) is 13.3. The minimum absolute atomic E-state index is 0.427. The van der Waals surface area contributed by atoms with Gasteiger partial charge >= 0.3 is 0 Å². The number of fused-ring (bicyclic) bond motifs is 8. The molecule has 2 atom stereocenters. The molecule has 2 aromatic heterocycles. The summed E-state index contributed by atoms with van der Waals surface area (Å²) in [6.07, 6.45) is 5.04. The molecule has 3 heteroatoms. The van der Waals surface area contributed by atoms with Crippen LogP contribution in [0.25, 0.3) is 83.7 Å². The molecule has 0 N–H and O–H groups in total. The van der Waals surface area contributed by atoms with Crippen LogP contribution in [0.4, 0.5) is 0 Å². The van der Waals surface area contributed by atoms with Gasteiger partial charge in [0.25, 0.3) is 0 Å². The van der Waals surface area contributed by atoms with Gasteiger partial charge in [-0.3, -0.25) is 0 Å². The van der Waals surface area contributed by atoms with E-state index >= 15 is 0 Å². The van der Waals surface area contributed by atoms with Gasteiger partial charge in [-0.15, -0.1) is 0 Å². The van der Waals surface area contributed by atoms with Crippen LogP contribution < -0.4 is 0 Å². The highest BCUT2D eigenvalue weighted by Crippen LogP contribution is 2.54. The van der Waals surface area contributed by atoms with Crippen LogP contribution in [0.2, 0.25) is 13.1 Å². The number of benzene rings is 7. The molecule has 56 heavy (non-hydrogen) atoms. The van der Waals surface area contributed by atoms with E-state index in [4.69, 9.17) is 0 Å². The predicted octanol–water partition coefficient (Wildman–Crippen LogP) is 14.3. The zero-order valence-corrected chi connectivity index (χ0v) is 33.6. The van der Waals surface area contributed by atoms with Crippen LogP contribution in [0.5, 0.6) is 0 Å². The van der Waals surface area contributed by atoms with E-state index in [2.05, 4.69) is 207 Å². The normalized spacial score (nSPS) is 16.5. The van der Waals surface area contributed by atoms with Crippen LogP contribution in [0.15, 0.2) is 163 Å². The minimum atomic E-state index is -2.05. The van der Waals surface area contributed by atoms with Gasteiger partial charge in [0.2, 0.25) is 0 Å². The summed E-state index contributed by atoms with van der Waals surface area (Å²) < 4.78 is 4.72. The number of allylic oxidation sites excluding steroid dienone is 2. The Bertz CT molecular complexity index is 3150. The zero-order valence-electron chi connectivity index (χ0n) is 32.6. The molecule has 0 bridgehead atoms. The average molecular weight is 737 g/mol. The summed E-state index contributed by atoms with van der Waals surface area (Å²) in [4.78, 5) is 0. The lowest BCUT2D eigenvalue weighted by molar-refractivity contribution is 0.968. The van der Waals surface area contributed by atoms with E-state index in [-0.39, 0.29) is 0 Å². The molecule has 9 aromatic rings. The van der Waals surface area contributed by atoms with Crippen molar-refractivity contribution in [1.82, 2.24) is 9.13 Å². The van der Waals surface area contributed by atoms with Crippen molar-refractivity contribution in [1.29, 1.82) is 0 Å². The van der Waals surface area contributed by atoms with Gasteiger partial charge in [-0.2, -0.15) is 0 Å². The second-order valence-electron chi connectivity index (χ2n) is 16.8. The summed E-state index contributed by atoms with van der Waals surface area (Å²) >= 11 is 0. The number of hydrogen-bond donors (Lipinski definition) is 0. The Labute approximate surface area is 329 Å². The topological polar surface area (TPSA) is 9.86 Å². The molecule has 0 saturated heterocycles. The Balaban J connectivity index is 0.993. The smallest absolute Gasteiger partial charge is 0.0722 e. The lowest BCUT2D eigenvalue weighted by Gasteiger charge is -2.39. The van der Waals surface area contributed by atoms with E-state index in [1.165, 1.54) is 105 Å². The van der Waals surface area contributed by atoms with Crippen molar-refractivity contribution in [2.75, 3.05) is 0 Å². The molecule has 0 fully saturated rings. The Morgan fingerprint density at radius 3 is 1.52 bits per heavy atom. The van der Waals surface area contributed by atoms with Crippen LogP contribution in [0.1, 0.15) is 47.2 Å². The van der Waals surface area contributed by atoms with Gasteiger partial charge in [-0.25, -0.2) is 0 Å².